The summed E-state index contributed by atoms with van der Waals surface area (Å²) in [6.45, 7) is 12.3. The Balaban J connectivity index is 2.85. The predicted molar refractivity (Wildman–Crippen MR) is 84.1 cm³/mol. The van der Waals surface area contributed by atoms with Crippen molar-refractivity contribution in [3.8, 4) is 0 Å². The van der Waals surface area contributed by atoms with E-state index in [4.69, 9.17) is 0 Å². The molecule has 0 fully saturated rings. The third-order valence-electron chi connectivity index (χ3n) is 4.23. The first kappa shape index (κ1) is 14.1. The maximum atomic E-state index is 3.33. The molecule has 0 aliphatic heterocycles. The van der Waals surface area contributed by atoms with Crippen molar-refractivity contribution in [2.75, 3.05) is 13.6 Å². The number of hydrogen-bond acceptors (Lipinski definition) is 1. The average Bonchev–Trinajstić information content (AvgIpc) is 2.54. The minimum absolute atomic E-state index is 0.137. The molecule has 0 bridgehead atoms. The molecule has 2 aromatic rings. The molecule has 1 heterocycles. The highest BCUT2D eigenvalue weighted by Crippen LogP contribution is 2.37. The van der Waals surface area contributed by atoms with Crippen LogP contribution in [0, 0.1) is 20.8 Å². The molecular formula is C17H26N2. The number of nitrogens with one attached hydrogen (secondary N) is 1. The SMILES string of the molecule is CNCC(C)(C)c1c(C)n(C)c2cc(C)cc(C)c12. The van der Waals surface area contributed by atoms with Crippen LogP contribution in [0.2, 0.25) is 0 Å². The van der Waals surface area contributed by atoms with Crippen LogP contribution in [0.25, 0.3) is 10.9 Å². The fraction of sp³-hybridized carbons (Fsp3) is 0.529. The maximum Gasteiger partial charge on any atom is 0.0488 e. The smallest absolute Gasteiger partial charge is 0.0488 e. The Morgan fingerprint density at radius 1 is 1.16 bits per heavy atom. The molecule has 1 aromatic heterocycles. The predicted octanol–water partition coefficient (Wildman–Crippen LogP) is 3.60. The van der Waals surface area contributed by atoms with E-state index in [1.165, 1.54) is 33.3 Å². The summed E-state index contributed by atoms with van der Waals surface area (Å²) in [7, 11) is 4.20. The Kier molecular flexibility index (Phi) is 3.48. The molecule has 19 heavy (non-hydrogen) atoms. The summed E-state index contributed by atoms with van der Waals surface area (Å²) < 4.78 is 2.34. The fourth-order valence-electron chi connectivity index (χ4n) is 3.42. The molecule has 0 saturated carbocycles. The van der Waals surface area contributed by atoms with Crippen LogP contribution < -0.4 is 5.32 Å². The fourth-order valence-corrected chi connectivity index (χ4v) is 3.42. The van der Waals surface area contributed by atoms with E-state index in [1.54, 1.807) is 0 Å². The van der Waals surface area contributed by atoms with Crippen LogP contribution >= 0.6 is 0 Å². The Bertz CT molecular complexity index is 618. The number of nitrogens with zero attached hydrogens (tertiary/aromatic N) is 1. The molecule has 0 aliphatic carbocycles. The summed E-state index contributed by atoms with van der Waals surface area (Å²) in [4.78, 5) is 0. The molecule has 2 nitrogen and oxygen atoms in total. The highest BCUT2D eigenvalue weighted by molar-refractivity contribution is 5.90. The van der Waals surface area contributed by atoms with Crippen LogP contribution in [0.5, 0.6) is 0 Å². The first-order valence-corrected chi connectivity index (χ1v) is 7.01. The van der Waals surface area contributed by atoms with Crippen LogP contribution in [0.1, 0.15) is 36.2 Å². The lowest BCUT2D eigenvalue weighted by atomic mass is 9.81. The van der Waals surface area contributed by atoms with Crippen molar-refractivity contribution in [3.63, 3.8) is 0 Å². The quantitative estimate of drug-likeness (QED) is 0.890. The standard InChI is InChI=1S/C17H26N2/c1-11-8-12(2)15-14(9-11)19(7)13(3)16(15)17(4,5)10-18-6/h8-9,18H,10H2,1-7H3. The van der Waals surface area contributed by atoms with Gasteiger partial charge >= 0.3 is 0 Å². The summed E-state index contributed by atoms with van der Waals surface area (Å²) in [6, 6.07) is 4.59. The van der Waals surface area contributed by atoms with Gasteiger partial charge in [-0.2, -0.15) is 0 Å². The number of fused-ring (bicyclic) bond motifs is 1. The molecule has 2 heteroatoms. The van der Waals surface area contributed by atoms with Crippen LogP contribution in [0.15, 0.2) is 12.1 Å². The van der Waals surface area contributed by atoms with Crippen LogP contribution in [-0.2, 0) is 12.5 Å². The van der Waals surface area contributed by atoms with Crippen molar-refractivity contribution in [1.29, 1.82) is 0 Å². The van der Waals surface area contributed by atoms with Crippen LogP contribution in [0.4, 0.5) is 0 Å². The summed E-state index contributed by atoms with van der Waals surface area (Å²) >= 11 is 0. The lowest BCUT2D eigenvalue weighted by Gasteiger charge is -2.26. The topological polar surface area (TPSA) is 17.0 Å². The zero-order valence-electron chi connectivity index (χ0n) is 13.3. The Hall–Kier alpha value is -1.28. The highest BCUT2D eigenvalue weighted by Gasteiger charge is 2.27. The number of likely N-dealkylation sites (N-methyl/N-ethyl adjacent to an activating group) is 1. The first-order chi connectivity index (χ1) is 8.79. The number of aromatic nitrogens is 1. The molecule has 0 radical (unpaired) electrons. The summed E-state index contributed by atoms with van der Waals surface area (Å²) in [5, 5.41) is 4.77. The molecule has 1 aromatic carbocycles. The lowest BCUT2D eigenvalue weighted by Crippen LogP contribution is -2.31. The number of hydrogen-bond donors (Lipinski definition) is 1. The first-order valence-electron chi connectivity index (χ1n) is 7.01. The second-order valence-electron chi connectivity index (χ2n) is 6.41. The Morgan fingerprint density at radius 2 is 1.79 bits per heavy atom. The average molecular weight is 258 g/mol. The second kappa shape index (κ2) is 4.68. The third kappa shape index (κ3) is 2.18. The molecular weight excluding hydrogens is 232 g/mol. The largest absolute Gasteiger partial charge is 0.348 e. The van der Waals surface area contributed by atoms with Gasteiger partial charge in [0.05, 0.1) is 0 Å². The minimum Gasteiger partial charge on any atom is -0.348 e. The van der Waals surface area contributed by atoms with E-state index in [0.717, 1.165) is 6.54 Å². The van der Waals surface area contributed by atoms with Gasteiger partial charge in [0.25, 0.3) is 0 Å². The molecule has 0 saturated heterocycles. The van der Waals surface area contributed by atoms with Crippen molar-refractivity contribution >= 4 is 10.9 Å². The van der Waals surface area contributed by atoms with Gasteiger partial charge in [-0.25, -0.2) is 0 Å². The third-order valence-corrected chi connectivity index (χ3v) is 4.23. The van der Waals surface area contributed by atoms with Gasteiger partial charge in [-0.1, -0.05) is 19.9 Å². The molecule has 0 spiro atoms. The van der Waals surface area contributed by atoms with Crippen LogP contribution in [0.3, 0.4) is 0 Å². The normalized spacial score (nSPS) is 12.4. The van der Waals surface area contributed by atoms with Gasteiger partial charge < -0.3 is 9.88 Å². The van der Waals surface area contributed by atoms with E-state index < -0.39 is 0 Å². The van der Waals surface area contributed by atoms with E-state index in [2.05, 4.69) is 63.7 Å². The van der Waals surface area contributed by atoms with Gasteiger partial charge in [0.2, 0.25) is 0 Å². The molecule has 0 amide bonds. The molecule has 104 valence electrons. The molecule has 0 atom stereocenters. The summed E-state index contributed by atoms with van der Waals surface area (Å²) in [5.41, 5.74) is 7.08. The zero-order valence-corrected chi connectivity index (χ0v) is 13.3. The van der Waals surface area contributed by atoms with E-state index in [0.29, 0.717) is 0 Å². The molecule has 2 rings (SSSR count). The highest BCUT2D eigenvalue weighted by atomic mass is 15.0. The van der Waals surface area contributed by atoms with Crippen molar-refractivity contribution in [2.24, 2.45) is 7.05 Å². The zero-order chi connectivity index (χ0) is 14.4. The minimum atomic E-state index is 0.137. The van der Waals surface area contributed by atoms with Crippen molar-refractivity contribution in [3.05, 3.63) is 34.5 Å². The van der Waals surface area contributed by atoms with E-state index in [-0.39, 0.29) is 5.41 Å². The molecule has 0 unspecified atom stereocenters. The van der Waals surface area contributed by atoms with Gasteiger partial charge in [0.1, 0.15) is 0 Å². The van der Waals surface area contributed by atoms with Crippen molar-refractivity contribution in [2.45, 2.75) is 40.0 Å². The summed E-state index contributed by atoms with van der Waals surface area (Å²) in [6.07, 6.45) is 0. The van der Waals surface area contributed by atoms with E-state index in [1.807, 2.05) is 7.05 Å². The number of rotatable bonds is 3. The second-order valence-corrected chi connectivity index (χ2v) is 6.41. The number of aryl methyl sites for hydroxylation is 3. The monoisotopic (exact) mass is 258 g/mol. The molecule has 0 aliphatic rings. The van der Waals surface area contributed by atoms with Gasteiger partial charge in [-0.05, 0) is 50.6 Å². The van der Waals surface area contributed by atoms with Crippen molar-refractivity contribution < 1.29 is 0 Å². The summed E-state index contributed by atoms with van der Waals surface area (Å²) in [5.74, 6) is 0. The van der Waals surface area contributed by atoms with Crippen molar-refractivity contribution in [1.82, 2.24) is 9.88 Å². The van der Waals surface area contributed by atoms with Gasteiger partial charge in [-0.15, -0.1) is 0 Å². The maximum absolute atomic E-state index is 3.33. The van der Waals surface area contributed by atoms with Gasteiger partial charge in [0, 0.05) is 35.6 Å². The Morgan fingerprint density at radius 3 is 2.37 bits per heavy atom. The van der Waals surface area contributed by atoms with E-state index in [9.17, 15) is 0 Å². The van der Waals surface area contributed by atoms with Gasteiger partial charge in [-0.3, -0.25) is 0 Å². The molecule has 1 N–H and O–H groups in total. The lowest BCUT2D eigenvalue weighted by molar-refractivity contribution is 0.493. The van der Waals surface area contributed by atoms with E-state index >= 15 is 0 Å². The Labute approximate surface area is 116 Å². The number of benzene rings is 1. The van der Waals surface area contributed by atoms with Gasteiger partial charge in [0.15, 0.2) is 0 Å². The van der Waals surface area contributed by atoms with Crippen LogP contribution in [-0.4, -0.2) is 18.2 Å².